The topological polar surface area (TPSA) is 0 Å². The second-order valence-electron chi connectivity index (χ2n) is 2.28. The summed E-state index contributed by atoms with van der Waals surface area (Å²) in [5.41, 5.74) is 2.86. The molecular formula is C9H13Na. The van der Waals surface area contributed by atoms with Gasteiger partial charge in [-0.25, -0.2) is 0 Å². The molecule has 0 aliphatic heterocycles. The van der Waals surface area contributed by atoms with Crippen molar-refractivity contribution in [3.63, 3.8) is 0 Å². The Morgan fingerprint density at radius 1 is 1.20 bits per heavy atom. The summed E-state index contributed by atoms with van der Waals surface area (Å²) in [6.07, 6.45) is 1.15. The summed E-state index contributed by atoms with van der Waals surface area (Å²) in [5, 5.41) is 0. The number of aryl methyl sites for hydroxylation is 2. The number of hydrogen-bond acceptors (Lipinski definition) is 0. The Morgan fingerprint density at radius 3 is 2.20 bits per heavy atom. The molecule has 0 atom stereocenters. The first-order chi connectivity index (χ1) is 4.34. The van der Waals surface area contributed by atoms with E-state index in [-0.39, 0.29) is 29.6 Å². The van der Waals surface area contributed by atoms with Crippen LogP contribution in [0, 0.1) is 6.92 Å². The molecule has 0 fully saturated rings. The van der Waals surface area contributed by atoms with E-state index in [1.807, 2.05) is 0 Å². The van der Waals surface area contributed by atoms with Gasteiger partial charge in [0, 0.05) is 0 Å². The van der Waals surface area contributed by atoms with E-state index in [0.29, 0.717) is 0 Å². The van der Waals surface area contributed by atoms with Crippen LogP contribution >= 0.6 is 0 Å². The SMILES string of the molecule is CCc1ccccc1C.[NaH]. The fourth-order valence-corrected chi connectivity index (χ4v) is 1.01. The number of benzene rings is 1. The van der Waals surface area contributed by atoms with Crippen molar-refractivity contribution in [3.8, 4) is 0 Å². The molecule has 0 N–H and O–H groups in total. The van der Waals surface area contributed by atoms with E-state index in [9.17, 15) is 0 Å². The van der Waals surface area contributed by atoms with Crippen LogP contribution in [0.5, 0.6) is 0 Å². The van der Waals surface area contributed by atoms with Gasteiger partial charge in [0.05, 0.1) is 0 Å². The Morgan fingerprint density at radius 2 is 1.80 bits per heavy atom. The average Bonchev–Trinajstić information content (AvgIpc) is 1.89. The molecule has 1 heteroatoms. The molecule has 0 nitrogen and oxygen atoms in total. The molecule has 1 aromatic rings. The summed E-state index contributed by atoms with van der Waals surface area (Å²) in [5.74, 6) is 0. The van der Waals surface area contributed by atoms with Crippen LogP contribution in [0.4, 0.5) is 0 Å². The third-order valence-electron chi connectivity index (χ3n) is 1.64. The standard InChI is InChI=1S/C9H12.Na.H/c1-3-9-7-5-4-6-8(9)2;;/h4-7H,3H2,1-2H3;;. The molecule has 0 heterocycles. The fraction of sp³-hybridized carbons (Fsp3) is 0.333. The molecule has 0 aliphatic rings. The minimum absolute atomic E-state index is 0. The van der Waals surface area contributed by atoms with E-state index in [4.69, 9.17) is 0 Å². The molecule has 0 saturated carbocycles. The molecule has 0 radical (unpaired) electrons. The molecule has 0 bridgehead atoms. The van der Waals surface area contributed by atoms with Crippen molar-refractivity contribution in [3.05, 3.63) is 35.4 Å². The maximum absolute atomic E-state index is 2.18. The second kappa shape index (κ2) is 4.95. The summed E-state index contributed by atoms with van der Waals surface area (Å²) in [6.45, 7) is 4.33. The predicted molar refractivity (Wildman–Crippen MR) is 47.7 cm³/mol. The van der Waals surface area contributed by atoms with Gasteiger partial charge in [0.15, 0.2) is 0 Å². The van der Waals surface area contributed by atoms with E-state index in [2.05, 4.69) is 38.1 Å². The molecule has 0 unspecified atom stereocenters. The van der Waals surface area contributed by atoms with E-state index in [1.165, 1.54) is 11.1 Å². The predicted octanol–water partition coefficient (Wildman–Crippen LogP) is 1.91. The molecule has 0 saturated heterocycles. The zero-order valence-corrected chi connectivity index (χ0v) is 6.02. The van der Waals surface area contributed by atoms with Crippen LogP contribution in [0.1, 0.15) is 18.1 Å². The first kappa shape index (κ1) is 10.2. The summed E-state index contributed by atoms with van der Waals surface area (Å²) in [6, 6.07) is 8.49. The van der Waals surface area contributed by atoms with Gasteiger partial charge in [-0.05, 0) is 24.5 Å². The number of hydrogen-bond donors (Lipinski definition) is 0. The minimum atomic E-state index is 0. The second-order valence-corrected chi connectivity index (χ2v) is 2.28. The van der Waals surface area contributed by atoms with Gasteiger partial charge in [0.25, 0.3) is 0 Å². The van der Waals surface area contributed by atoms with Crippen LogP contribution in [0.2, 0.25) is 0 Å². The van der Waals surface area contributed by atoms with Crippen LogP contribution in [-0.4, -0.2) is 29.6 Å². The van der Waals surface area contributed by atoms with Gasteiger partial charge in [-0.15, -0.1) is 0 Å². The molecule has 1 aromatic carbocycles. The van der Waals surface area contributed by atoms with Gasteiger partial charge >= 0.3 is 29.6 Å². The van der Waals surface area contributed by atoms with Crippen molar-refractivity contribution in [1.29, 1.82) is 0 Å². The van der Waals surface area contributed by atoms with Gasteiger partial charge in [0.1, 0.15) is 0 Å². The van der Waals surface area contributed by atoms with Crippen LogP contribution in [0.25, 0.3) is 0 Å². The van der Waals surface area contributed by atoms with Gasteiger partial charge < -0.3 is 0 Å². The molecule has 50 valence electrons. The number of rotatable bonds is 1. The molecular weight excluding hydrogens is 131 g/mol. The Hall–Kier alpha value is 0.220. The molecule has 0 spiro atoms. The quantitative estimate of drug-likeness (QED) is 0.528. The van der Waals surface area contributed by atoms with Crippen LogP contribution in [0.15, 0.2) is 24.3 Å². The third kappa shape index (κ3) is 2.45. The zero-order valence-electron chi connectivity index (χ0n) is 6.02. The van der Waals surface area contributed by atoms with Crippen LogP contribution in [-0.2, 0) is 6.42 Å². The summed E-state index contributed by atoms with van der Waals surface area (Å²) in [4.78, 5) is 0. The normalized spacial score (nSPS) is 8.60. The zero-order chi connectivity index (χ0) is 6.69. The molecule has 0 aromatic heterocycles. The Bertz CT molecular complexity index is 194. The van der Waals surface area contributed by atoms with Crippen molar-refractivity contribution >= 4 is 29.6 Å². The van der Waals surface area contributed by atoms with E-state index < -0.39 is 0 Å². The Balaban J connectivity index is 0.000000810. The third-order valence-corrected chi connectivity index (χ3v) is 1.64. The Kier molecular flexibility index (Phi) is 5.06. The van der Waals surface area contributed by atoms with E-state index >= 15 is 0 Å². The van der Waals surface area contributed by atoms with Crippen molar-refractivity contribution < 1.29 is 0 Å². The van der Waals surface area contributed by atoms with Gasteiger partial charge in [-0.3, -0.25) is 0 Å². The monoisotopic (exact) mass is 144 g/mol. The Labute approximate surface area is 84.9 Å². The van der Waals surface area contributed by atoms with Crippen molar-refractivity contribution in [2.24, 2.45) is 0 Å². The van der Waals surface area contributed by atoms with Crippen molar-refractivity contribution in [2.75, 3.05) is 0 Å². The van der Waals surface area contributed by atoms with Crippen LogP contribution < -0.4 is 0 Å². The molecule has 0 aliphatic carbocycles. The first-order valence-corrected chi connectivity index (χ1v) is 3.39. The van der Waals surface area contributed by atoms with Gasteiger partial charge in [-0.1, -0.05) is 31.2 Å². The molecule has 0 amide bonds. The summed E-state index contributed by atoms with van der Waals surface area (Å²) in [7, 11) is 0. The van der Waals surface area contributed by atoms with Gasteiger partial charge in [-0.2, -0.15) is 0 Å². The average molecular weight is 144 g/mol. The maximum atomic E-state index is 2.18. The van der Waals surface area contributed by atoms with Gasteiger partial charge in [0.2, 0.25) is 0 Å². The van der Waals surface area contributed by atoms with E-state index in [1.54, 1.807) is 0 Å². The fourth-order valence-electron chi connectivity index (χ4n) is 1.01. The molecule has 1 rings (SSSR count). The molecule has 10 heavy (non-hydrogen) atoms. The van der Waals surface area contributed by atoms with Crippen molar-refractivity contribution in [1.82, 2.24) is 0 Å². The van der Waals surface area contributed by atoms with Crippen molar-refractivity contribution in [2.45, 2.75) is 20.3 Å². The van der Waals surface area contributed by atoms with E-state index in [0.717, 1.165) is 6.42 Å². The summed E-state index contributed by atoms with van der Waals surface area (Å²) < 4.78 is 0. The summed E-state index contributed by atoms with van der Waals surface area (Å²) >= 11 is 0. The first-order valence-electron chi connectivity index (χ1n) is 3.39. The van der Waals surface area contributed by atoms with Crippen LogP contribution in [0.3, 0.4) is 0 Å².